The fourth-order valence-electron chi connectivity index (χ4n) is 1.61. The second-order valence-corrected chi connectivity index (χ2v) is 5.50. The maximum absolute atomic E-state index is 11.9. The lowest BCUT2D eigenvalue weighted by molar-refractivity contribution is -0.114. The summed E-state index contributed by atoms with van der Waals surface area (Å²) < 4.78 is 10.4. The van der Waals surface area contributed by atoms with Gasteiger partial charge >= 0.3 is 5.97 Å². The first-order valence-electron chi connectivity index (χ1n) is 6.68. The molecule has 0 spiro atoms. The molecule has 0 aliphatic rings. The van der Waals surface area contributed by atoms with Gasteiger partial charge in [0, 0.05) is 11.8 Å². The molecular weight excluding hydrogens is 290 g/mol. The molecule has 1 N–H and O–H groups in total. The van der Waals surface area contributed by atoms with Crippen LogP contribution in [0.4, 0.5) is 5.69 Å². The van der Waals surface area contributed by atoms with E-state index in [-0.39, 0.29) is 18.6 Å². The smallest absolute Gasteiger partial charge is 0.338 e. The molecule has 0 aromatic heterocycles. The van der Waals surface area contributed by atoms with E-state index in [9.17, 15) is 9.59 Å². The molecular formula is C15H21NO4S. The predicted octanol–water partition coefficient (Wildman–Crippen LogP) is 2.95. The Morgan fingerprint density at radius 1 is 1.29 bits per heavy atom. The Kier molecular flexibility index (Phi) is 7.25. The highest BCUT2D eigenvalue weighted by Gasteiger charge is 2.11. The Labute approximate surface area is 129 Å². The van der Waals surface area contributed by atoms with Crippen LogP contribution in [0.5, 0.6) is 0 Å². The van der Waals surface area contributed by atoms with Crippen molar-refractivity contribution < 1.29 is 19.1 Å². The molecule has 0 saturated heterocycles. The second kappa shape index (κ2) is 8.69. The second-order valence-electron chi connectivity index (χ2n) is 4.65. The zero-order chi connectivity index (χ0) is 15.8. The summed E-state index contributed by atoms with van der Waals surface area (Å²) >= 11 is 1.45. The minimum Gasteiger partial charge on any atom is -0.460 e. The summed E-state index contributed by atoms with van der Waals surface area (Å²) in [6.45, 7) is 5.89. The molecule has 21 heavy (non-hydrogen) atoms. The number of amides is 1. The Bertz CT molecular complexity index is 502. The molecule has 0 aliphatic heterocycles. The molecule has 1 amide bonds. The maximum Gasteiger partial charge on any atom is 0.338 e. The van der Waals surface area contributed by atoms with Gasteiger partial charge in [-0.2, -0.15) is 0 Å². The van der Waals surface area contributed by atoms with Crippen molar-refractivity contribution in [3.63, 3.8) is 0 Å². The highest BCUT2D eigenvalue weighted by molar-refractivity contribution is 7.98. The van der Waals surface area contributed by atoms with Crippen LogP contribution in [0.25, 0.3) is 0 Å². The van der Waals surface area contributed by atoms with E-state index in [1.807, 2.05) is 20.1 Å². The number of hydrogen-bond donors (Lipinski definition) is 1. The number of rotatable bonds is 7. The van der Waals surface area contributed by atoms with E-state index in [1.165, 1.54) is 18.7 Å². The first-order chi connectivity index (χ1) is 9.93. The monoisotopic (exact) mass is 311 g/mol. The lowest BCUT2D eigenvalue weighted by Gasteiger charge is -2.11. The lowest BCUT2D eigenvalue weighted by atomic mass is 10.2. The Morgan fingerprint density at radius 2 is 2.00 bits per heavy atom. The molecule has 0 unspecified atom stereocenters. The average molecular weight is 311 g/mol. The molecule has 1 aromatic carbocycles. The van der Waals surface area contributed by atoms with Gasteiger partial charge in [0.2, 0.25) is 5.91 Å². The van der Waals surface area contributed by atoms with Gasteiger partial charge in [-0.1, -0.05) is 0 Å². The third-order valence-corrected chi connectivity index (χ3v) is 3.29. The molecule has 0 bridgehead atoms. The SMILES string of the molecule is CSc1cc(C(=O)OCCOC(C)C)ccc1NC(C)=O. The minimum atomic E-state index is -0.396. The van der Waals surface area contributed by atoms with Crippen LogP contribution in [-0.2, 0) is 14.3 Å². The van der Waals surface area contributed by atoms with Crippen LogP contribution in [0.2, 0.25) is 0 Å². The summed E-state index contributed by atoms with van der Waals surface area (Å²) in [7, 11) is 0. The number of nitrogens with one attached hydrogen (secondary N) is 1. The molecule has 6 heteroatoms. The fraction of sp³-hybridized carbons (Fsp3) is 0.467. The van der Waals surface area contributed by atoms with Gasteiger partial charge < -0.3 is 14.8 Å². The van der Waals surface area contributed by atoms with Gasteiger partial charge in [-0.25, -0.2) is 4.79 Å². The van der Waals surface area contributed by atoms with Crippen molar-refractivity contribution in [2.24, 2.45) is 0 Å². The first kappa shape index (κ1) is 17.5. The van der Waals surface area contributed by atoms with Crippen LogP contribution in [0.15, 0.2) is 23.1 Å². The van der Waals surface area contributed by atoms with Crippen LogP contribution in [0.1, 0.15) is 31.1 Å². The predicted molar refractivity (Wildman–Crippen MR) is 83.9 cm³/mol. The summed E-state index contributed by atoms with van der Waals surface area (Å²) in [5.41, 5.74) is 1.15. The summed E-state index contributed by atoms with van der Waals surface area (Å²) in [4.78, 5) is 23.8. The third-order valence-electron chi connectivity index (χ3n) is 2.52. The Hall–Kier alpha value is -1.53. The van der Waals surface area contributed by atoms with E-state index < -0.39 is 5.97 Å². The molecule has 1 aromatic rings. The highest BCUT2D eigenvalue weighted by atomic mass is 32.2. The lowest BCUT2D eigenvalue weighted by Crippen LogP contribution is -2.14. The minimum absolute atomic E-state index is 0.115. The molecule has 116 valence electrons. The van der Waals surface area contributed by atoms with E-state index in [1.54, 1.807) is 18.2 Å². The summed E-state index contributed by atoms with van der Waals surface area (Å²) in [6, 6.07) is 5.05. The van der Waals surface area contributed by atoms with E-state index in [4.69, 9.17) is 9.47 Å². The number of hydrogen-bond acceptors (Lipinski definition) is 5. The topological polar surface area (TPSA) is 64.6 Å². The number of carbonyl (C=O) groups is 2. The van der Waals surface area contributed by atoms with E-state index in [0.717, 1.165) is 4.90 Å². The van der Waals surface area contributed by atoms with Gasteiger partial charge in [-0.15, -0.1) is 11.8 Å². The van der Waals surface area contributed by atoms with Crippen molar-refractivity contribution >= 4 is 29.3 Å². The number of thioether (sulfide) groups is 1. The number of anilines is 1. The van der Waals surface area contributed by atoms with Crippen LogP contribution >= 0.6 is 11.8 Å². The van der Waals surface area contributed by atoms with Crippen molar-refractivity contribution in [1.29, 1.82) is 0 Å². The maximum atomic E-state index is 11.9. The van der Waals surface area contributed by atoms with Crippen LogP contribution in [0, 0.1) is 0 Å². The molecule has 0 fully saturated rings. The number of esters is 1. The number of carbonyl (C=O) groups excluding carboxylic acids is 2. The molecule has 1 rings (SSSR count). The van der Waals surface area contributed by atoms with Crippen molar-refractivity contribution in [3.8, 4) is 0 Å². The largest absolute Gasteiger partial charge is 0.460 e. The van der Waals surface area contributed by atoms with Gasteiger partial charge in [-0.3, -0.25) is 4.79 Å². The van der Waals surface area contributed by atoms with E-state index in [2.05, 4.69) is 5.32 Å². The van der Waals surface area contributed by atoms with Gasteiger partial charge in [0.1, 0.15) is 6.61 Å². The summed E-state index contributed by atoms with van der Waals surface area (Å²) in [5, 5.41) is 2.72. The van der Waals surface area contributed by atoms with Gasteiger partial charge in [0.15, 0.2) is 0 Å². The zero-order valence-corrected chi connectivity index (χ0v) is 13.6. The average Bonchev–Trinajstić information content (AvgIpc) is 2.43. The summed E-state index contributed by atoms with van der Waals surface area (Å²) in [6.07, 6.45) is 2.00. The normalized spacial score (nSPS) is 10.5. The van der Waals surface area contributed by atoms with Crippen molar-refractivity contribution in [1.82, 2.24) is 0 Å². The third kappa shape index (κ3) is 6.18. The standard InChI is InChI=1S/C15H21NO4S/c1-10(2)19-7-8-20-15(18)12-5-6-13(16-11(3)17)14(9-12)21-4/h5-6,9-10H,7-8H2,1-4H3,(H,16,17). The fourth-order valence-corrected chi connectivity index (χ4v) is 2.20. The van der Waals surface area contributed by atoms with E-state index >= 15 is 0 Å². The van der Waals surface area contributed by atoms with Crippen LogP contribution in [0.3, 0.4) is 0 Å². The van der Waals surface area contributed by atoms with Crippen LogP contribution in [-0.4, -0.2) is 37.4 Å². The van der Waals surface area contributed by atoms with Crippen molar-refractivity contribution in [2.45, 2.75) is 31.8 Å². The zero-order valence-electron chi connectivity index (χ0n) is 12.8. The van der Waals surface area contributed by atoms with Crippen molar-refractivity contribution in [3.05, 3.63) is 23.8 Å². The first-order valence-corrected chi connectivity index (χ1v) is 7.91. The van der Waals surface area contributed by atoms with Gasteiger partial charge in [0.05, 0.1) is 24.0 Å². The number of benzene rings is 1. The van der Waals surface area contributed by atoms with Crippen molar-refractivity contribution in [2.75, 3.05) is 24.8 Å². The summed E-state index contributed by atoms with van der Waals surface area (Å²) in [5.74, 6) is -0.543. The molecule has 0 radical (unpaired) electrons. The Balaban J connectivity index is 2.66. The van der Waals surface area contributed by atoms with Gasteiger partial charge in [-0.05, 0) is 38.3 Å². The quantitative estimate of drug-likeness (QED) is 0.476. The van der Waals surface area contributed by atoms with Gasteiger partial charge in [0.25, 0.3) is 0 Å². The molecule has 0 aliphatic carbocycles. The molecule has 0 saturated carbocycles. The highest BCUT2D eigenvalue weighted by Crippen LogP contribution is 2.26. The molecule has 5 nitrogen and oxygen atoms in total. The molecule has 0 atom stereocenters. The molecule has 0 heterocycles. The van der Waals surface area contributed by atoms with Crippen LogP contribution < -0.4 is 5.32 Å². The Morgan fingerprint density at radius 3 is 2.57 bits per heavy atom. The van der Waals surface area contributed by atoms with E-state index in [0.29, 0.717) is 17.9 Å². The number of ether oxygens (including phenoxy) is 2.